The molecule has 6 heteroatoms. The van der Waals surface area contributed by atoms with Gasteiger partial charge in [0.25, 0.3) is 0 Å². The molecule has 0 aliphatic heterocycles. The highest BCUT2D eigenvalue weighted by Gasteiger charge is 2.08. The van der Waals surface area contributed by atoms with Crippen molar-refractivity contribution in [2.45, 2.75) is 12.8 Å². The number of hydrogen-bond acceptors (Lipinski definition) is 2. The van der Waals surface area contributed by atoms with E-state index in [0.29, 0.717) is 10.0 Å². The Labute approximate surface area is 106 Å². The molecule has 0 aromatic heterocycles. The first-order valence-corrected chi connectivity index (χ1v) is 5.71. The summed E-state index contributed by atoms with van der Waals surface area (Å²) in [6.07, 6.45) is -0.117. The maximum Gasteiger partial charge on any atom is 0.305 e. The van der Waals surface area contributed by atoms with Crippen LogP contribution in [0.4, 0.5) is 4.39 Å². The van der Waals surface area contributed by atoms with E-state index in [1.165, 1.54) is 18.2 Å². The molecule has 0 aliphatic rings. The van der Waals surface area contributed by atoms with Crippen LogP contribution < -0.4 is 5.32 Å². The van der Waals surface area contributed by atoms with E-state index in [0.717, 1.165) is 0 Å². The molecule has 0 heterocycles. The fraction of sp³-hybridized carbons (Fsp3) is 0.273. The van der Waals surface area contributed by atoms with Crippen LogP contribution in [0.15, 0.2) is 22.7 Å². The average molecular weight is 304 g/mol. The van der Waals surface area contributed by atoms with Gasteiger partial charge in [0.15, 0.2) is 0 Å². The molecule has 1 amide bonds. The maximum atomic E-state index is 12.9. The van der Waals surface area contributed by atoms with Crippen molar-refractivity contribution in [2.75, 3.05) is 6.54 Å². The van der Waals surface area contributed by atoms with Gasteiger partial charge in [0.2, 0.25) is 5.91 Å². The summed E-state index contributed by atoms with van der Waals surface area (Å²) in [6.45, 7) is 0.0705. The van der Waals surface area contributed by atoms with Crippen molar-refractivity contribution in [2.24, 2.45) is 0 Å². The molecule has 2 N–H and O–H groups in total. The van der Waals surface area contributed by atoms with E-state index in [4.69, 9.17) is 5.11 Å². The van der Waals surface area contributed by atoms with E-state index in [9.17, 15) is 14.0 Å². The van der Waals surface area contributed by atoms with Gasteiger partial charge >= 0.3 is 5.97 Å². The number of benzene rings is 1. The Bertz CT molecular complexity index is 437. The van der Waals surface area contributed by atoms with Gasteiger partial charge in [-0.2, -0.15) is 0 Å². The molecule has 0 spiro atoms. The summed E-state index contributed by atoms with van der Waals surface area (Å²) in [5.74, 6) is -1.73. The third-order valence-corrected chi connectivity index (χ3v) is 2.79. The molecule has 0 radical (unpaired) electrons. The third kappa shape index (κ3) is 4.95. The van der Waals surface area contributed by atoms with Crippen LogP contribution in [0.3, 0.4) is 0 Å². The fourth-order valence-corrected chi connectivity index (χ4v) is 1.61. The zero-order valence-electron chi connectivity index (χ0n) is 8.87. The first kappa shape index (κ1) is 13.6. The van der Waals surface area contributed by atoms with Gasteiger partial charge in [0, 0.05) is 11.0 Å². The molecule has 4 nitrogen and oxygen atoms in total. The maximum absolute atomic E-state index is 12.9. The number of carboxylic acid groups (broad SMARTS) is 1. The highest BCUT2D eigenvalue weighted by Crippen LogP contribution is 2.18. The Morgan fingerprint density at radius 1 is 1.41 bits per heavy atom. The first-order chi connectivity index (χ1) is 7.99. The normalized spacial score (nSPS) is 10.0. The summed E-state index contributed by atoms with van der Waals surface area (Å²) < 4.78 is 13.6. The molecule has 1 aromatic carbocycles. The zero-order chi connectivity index (χ0) is 12.8. The molecule has 0 saturated heterocycles. The molecular weight excluding hydrogens is 293 g/mol. The number of nitrogens with one attached hydrogen (secondary N) is 1. The summed E-state index contributed by atoms with van der Waals surface area (Å²) in [4.78, 5) is 21.6. The number of halogens is 2. The average Bonchev–Trinajstić information content (AvgIpc) is 2.23. The number of rotatable bonds is 5. The SMILES string of the molecule is O=C(O)CCNC(=O)Cc1cc(F)ccc1Br. The predicted octanol–water partition coefficient (Wildman–Crippen LogP) is 1.72. The van der Waals surface area contributed by atoms with Gasteiger partial charge in [-0.15, -0.1) is 0 Å². The number of amides is 1. The van der Waals surface area contributed by atoms with Crippen molar-refractivity contribution in [3.8, 4) is 0 Å². The van der Waals surface area contributed by atoms with Crippen LogP contribution in [0.1, 0.15) is 12.0 Å². The molecule has 0 fully saturated rings. The van der Waals surface area contributed by atoms with Gasteiger partial charge in [0.1, 0.15) is 5.82 Å². The van der Waals surface area contributed by atoms with Gasteiger partial charge in [-0.25, -0.2) is 4.39 Å². The van der Waals surface area contributed by atoms with E-state index >= 15 is 0 Å². The molecule has 1 rings (SSSR count). The fourth-order valence-electron chi connectivity index (χ4n) is 1.22. The summed E-state index contributed by atoms with van der Waals surface area (Å²) >= 11 is 3.21. The molecule has 0 atom stereocenters. The Hall–Kier alpha value is -1.43. The highest BCUT2D eigenvalue weighted by molar-refractivity contribution is 9.10. The highest BCUT2D eigenvalue weighted by atomic mass is 79.9. The standard InChI is InChI=1S/C11H11BrFNO3/c12-9-2-1-8(13)5-7(9)6-10(15)14-4-3-11(16)17/h1-2,5H,3-4,6H2,(H,14,15)(H,16,17). The van der Waals surface area contributed by atoms with Gasteiger partial charge in [-0.3, -0.25) is 9.59 Å². The van der Waals surface area contributed by atoms with Crippen molar-refractivity contribution in [1.82, 2.24) is 5.32 Å². The summed E-state index contributed by atoms with van der Waals surface area (Å²) in [7, 11) is 0. The summed E-state index contributed by atoms with van der Waals surface area (Å²) in [5.41, 5.74) is 0.526. The predicted molar refractivity (Wildman–Crippen MR) is 63.1 cm³/mol. The Balaban J connectivity index is 2.50. The number of carbonyl (C=O) groups excluding carboxylic acids is 1. The molecule has 0 saturated carbocycles. The van der Waals surface area contributed by atoms with E-state index in [-0.39, 0.29) is 25.3 Å². The van der Waals surface area contributed by atoms with Crippen LogP contribution in [0.5, 0.6) is 0 Å². The van der Waals surface area contributed by atoms with E-state index in [2.05, 4.69) is 21.2 Å². The van der Waals surface area contributed by atoms with Crippen LogP contribution >= 0.6 is 15.9 Å². The lowest BCUT2D eigenvalue weighted by Gasteiger charge is -2.05. The lowest BCUT2D eigenvalue weighted by molar-refractivity contribution is -0.136. The minimum absolute atomic E-state index is 0.0119. The molecule has 0 aliphatic carbocycles. The van der Waals surface area contributed by atoms with Gasteiger partial charge < -0.3 is 10.4 Å². The number of hydrogen-bond donors (Lipinski definition) is 2. The summed E-state index contributed by atoms with van der Waals surface area (Å²) in [6, 6.07) is 4.08. The van der Waals surface area contributed by atoms with Crippen LogP contribution in [0, 0.1) is 5.82 Å². The lowest BCUT2D eigenvalue weighted by Crippen LogP contribution is -2.27. The Morgan fingerprint density at radius 3 is 2.76 bits per heavy atom. The van der Waals surface area contributed by atoms with Crippen molar-refractivity contribution < 1.29 is 19.1 Å². The smallest absolute Gasteiger partial charge is 0.305 e. The largest absolute Gasteiger partial charge is 0.481 e. The number of carboxylic acids is 1. The number of aliphatic carboxylic acids is 1. The molecule has 1 aromatic rings. The van der Waals surface area contributed by atoms with E-state index in [1.54, 1.807) is 0 Å². The van der Waals surface area contributed by atoms with Gasteiger partial charge in [-0.05, 0) is 23.8 Å². The molecule has 92 valence electrons. The molecule has 17 heavy (non-hydrogen) atoms. The van der Waals surface area contributed by atoms with Gasteiger partial charge in [0.05, 0.1) is 12.8 Å². The Morgan fingerprint density at radius 2 is 2.12 bits per heavy atom. The molecular formula is C11H11BrFNO3. The lowest BCUT2D eigenvalue weighted by atomic mass is 10.1. The zero-order valence-corrected chi connectivity index (χ0v) is 10.5. The minimum Gasteiger partial charge on any atom is -0.481 e. The van der Waals surface area contributed by atoms with Crippen molar-refractivity contribution in [3.63, 3.8) is 0 Å². The topological polar surface area (TPSA) is 66.4 Å². The summed E-state index contributed by atoms with van der Waals surface area (Å²) in [5, 5.41) is 10.8. The second-order valence-electron chi connectivity index (χ2n) is 3.41. The third-order valence-electron chi connectivity index (χ3n) is 2.02. The van der Waals surface area contributed by atoms with Crippen molar-refractivity contribution >= 4 is 27.8 Å². The minimum atomic E-state index is -0.975. The second kappa shape index (κ2) is 6.34. The Kier molecular flexibility index (Phi) is 5.09. The van der Waals surface area contributed by atoms with E-state index in [1.807, 2.05) is 0 Å². The molecule has 0 unspecified atom stereocenters. The monoisotopic (exact) mass is 303 g/mol. The van der Waals surface area contributed by atoms with Crippen LogP contribution in [-0.2, 0) is 16.0 Å². The van der Waals surface area contributed by atoms with Gasteiger partial charge in [-0.1, -0.05) is 15.9 Å². The van der Waals surface area contributed by atoms with E-state index < -0.39 is 11.8 Å². The van der Waals surface area contributed by atoms with Crippen molar-refractivity contribution in [3.05, 3.63) is 34.1 Å². The van der Waals surface area contributed by atoms with Crippen LogP contribution in [-0.4, -0.2) is 23.5 Å². The van der Waals surface area contributed by atoms with Crippen molar-refractivity contribution in [1.29, 1.82) is 0 Å². The molecule has 0 bridgehead atoms. The number of carbonyl (C=O) groups is 2. The quantitative estimate of drug-likeness (QED) is 0.870. The van der Waals surface area contributed by atoms with Crippen LogP contribution in [0.25, 0.3) is 0 Å². The second-order valence-corrected chi connectivity index (χ2v) is 4.26. The first-order valence-electron chi connectivity index (χ1n) is 4.91. The van der Waals surface area contributed by atoms with Crippen LogP contribution in [0.2, 0.25) is 0 Å².